The maximum absolute atomic E-state index is 12.2. The Morgan fingerprint density at radius 3 is 3.00 bits per heavy atom. The molecular weight excluding hydrogens is 332 g/mol. The predicted molar refractivity (Wildman–Crippen MR) is 89.6 cm³/mol. The second kappa shape index (κ2) is 7.35. The van der Waals surface area contributed by atoms with Crippen LogP contribution in [0.3, 0.4) is 0 Å². The minimum absolute atomic E-state index is 0.137. The SMILES string of the molecule is COc1cccc(NC(=O)N2CC(COc3cncc(Cl)n3)C2)c1. The number of nitrogens with one attached hydrogen (secondary N) is 1. The molecule has 2 heterocycles. The monoisotopic (exact) mass is 348 g/mol. The fourth-order valence-corrected chi connectivity index (χ4v) is 2.48. The molecular formula is C16H17ClN4O3. The lowest BCUT2D eigenvalue weighted by Gasteiger charge is -2.38. The summed E-state index contributed by atoms with van der Waals surface area (Å²) in [6.07, 6.45) is 2.96. The summed E-state index contributed by atoms with van der Waals surface area (Å²) in [6, 6.07) is 7.11. The van der Waals surface area contributed by atoms with E-state index >= 15 is 0 Å². The van der Waals surface area contributed by atoms with Crippen LogP contribution in [0.5, 0.6) is 11.6 Å². The number of methoxy groups -OCH3 is 1. The second-order valence-corrected chi connectivity index (χ2v) is 5.81. The molecule has 1 saturated heterocycles. The van der Waals surface area contributed by atoms with E-state index in [9.17, 15) is 4.79 Å². The summed E-state index contributed by atoms with van der Waals surface area (Å²) in [5, 5.41) is 3.14. The molecule has 2 aromatic rings. The molecule has 0 saturated carbocycles. The highest BCUT2D eigenvalue weighted by atomic mass is 35.5. The Labute approximate surface area is 144 Å². The third-order valence-corrected chi connectivity index (χ3v) is 3.80. The lowest BCUT2D eigenvalue weighted by atomic mass is 10.0. The number of amides is 2. The van der Waals surface area contributed by atoms with Crippen LogP contribution in [-0.4, -0.2) is 47.7 Å². The largest absolute Gasteiger partial charge is 0.497 e. The van der Waals surface area contributed by atoms with Gasteiger partial charge in [-0.3, -0.25) is 4.98 Å². The summed E-state index contributed by atoms with van der Waals surface area (Å²) < 4.78 is 10.7. The van der Waals surface area contributed by atoms with E-state index in [-0.39, 0.29) is 11.9 Å². The smallest absolute Gasteiger partial charge is 0.321 e. The Kier molecular flexibility index (Phi) is 5.00. The number of halogens is 1. The molecule has 0 atom stereocenters. The van der Waals surface area contributed by atoms with Crippen molar-refractivity contribution in [1.29, 1.82) is 0 Å². The Hall–Kier alpha value is -2.54. The Morgan fingerprint density at radius 1 is 1.42 bits per heavy atom. The van der Waals surface area contributed by atoms with E-state index in [1.807, 2.05) is 18.2 Å². The first-order valence-corrected chi connectivity index (χ1v) is 7.82. The molecule has 0 spiro atoms. The van der Waals surface area contributed by atoms with E-state index < -0.39 is 0 Å². The highest BCUT2D eigenvalue weighted by molar-refractivity contribution is 6.29. The number of hydrogen-bond donors (Lipinski definition) is 1. The number of urea groups is 1. The van der Waals surface area contributed by atoms with Crippen molar-refractivity contribution in [1.82, 2.24) is 14.9 Å². The molecule has 24 heavy (non-hydrogen) atoms. The van der Waals surface area contributed by atoms with Gasteiger partial charge in [0.15, 0.2) is 5.15 Å². The molecule has 7 nitrogen and oxygen atoms in total. The van der Waals surface area contributed by atoms with Gasteiger partial charge >= 0.3 is 6.03 Å². The summed E-state index contributed by atoms with van der Waals surface area (Å²) >= 11 is 5.75. The summed E-state index contributed by atoms with van der Waals surface area (Å²) in [6.45, 7) is 1.73. The van der Waals surface area contributed by atoms with Gasteiger partial charge in [-0.25, -0.2) is 4.79 Å². The highest BCUT2D eigenvalue weighted by Crippen LogP contribution is 2.21. The molecule has 8 heteroatoms. The fourth-order valence-electron chi connectivity index (χ4n) is 2.34. The number of benzene rings is 1. The van der Waals surface area contributed by atoms with Crippen LogP contribution in [0.15, 0.2) is 36.7 Å². The van der Waals surface area contributed by atoms with Crippen LogP contribution in [0.1, 0.15) is 0 Å². The minimum Gasteiger partial charge on any atom is -0.497 e. The van der Waals surface area contributed by atoms with E-state index in [0.717, 1.165) is 0 Å². The quantitative estimate of drug-likeness (QED) is 0.899. The first-order chi connectivity index (χ1) is 11.6. The molecule has 1 aliphatic heterocycles. The molecule has 1 aromatic heterocycles. The van der Waals surface area contributed by atoms with Crippen molar-refractivity contribution < 1.29 is 14.3 Å². The predicted octanol–water partition coefficient (Wildman–Crippen LogP) is 2.68. The highest BCUT2D eigenvalue weighted by Gasteiger charge is 2.31. The van der Waals surface area contributed by atoms with Gasteiger partial charge in [-0.15, -0.1) is 0 Å². The van der Waals surface area contributed by atoms with Gasteiger partial charge in [0.25, 0.3) is 0 Å². The Bertz CT molecular complexity index is 722. The third kappa shape index (κ3) is 4.05. The van der Waals surface area contributed by atoms with Gasteiger partial charge in [-0.05, 0) is 12.1 Å². The topological polar surface area (TPSA) is 76.6 Å². The molecule has 126 valence electrons. The van der Waals surface area contributed by atoms with Crippen LogP contribution in [0.4, 0.5) is 10.5 Å². The standard InChI is InChI=1S/C16H17ClN4O3/c1-23-13-4-2-3-12(5-13)19-16(22)21-8-11(9-21)10-24-15-7-18-6-14(17)20-15/h2-7,11H,8-10H2,1H3,(H,19,22). The summed E-state index contributed by atoms with van der Waals surface area (Å²) in [5.74, 6) is 1.36. The van der Waals surface area contributed by atoms with Crippen LogP contribution in [0.2, 0.25) is 5.15 Å². The maximum atomic E-state index is 12.2. The number of hydrogen-bond acceptors (Lipinski definition) is 5. The average molecular weight is 349 g/mol. The van der Waals surface area contributed by atoms with Crippen molar-refractivity contribution in [2.24, 2.45) is 5.92 Å². The minimum atomic E-state index is -0.137. The van der Waals surface area contributed by atoms with Crippen molar-refractivity contribution in [2.75, 3.05) is 32.1 Å². The van der Waals surface area contributed by atoms with Crippen LogP contribution < -0.4 is 14.8 Å². The van der Waals surface area contributed by atoms with Crippen molar-refractivity contribution in [3.05, 3.63) is 41.8 Å². The van der Waals surface area contributed by atoms with E-state index in [1.165, 1.54) is 12.4 Å². The first kappa shape index (κ1) is 16.3. The van der Waals surface area contributed by atoms with Gasteiger partial charge in [0.1, 0.15) is 5.75 Å². The first-order valence-electron chi connectivity index (χ1n) is 7.44. The molecule has 1 aliphatic rings. The zero-order chi connectivity index (χ0) is 16.9. The number of ether oxygens (including phenoxy) is 2. The molecule has 1 fully saturated rings. The maximum Gasteiger partial charge on any atom is 0.321 e. The second-order valence-electron chi connectivity index (χ2n) is 5.42. The van der Waals surface area contributed by atoms with Crippen LogP contribution >= 0.6 is 11.6 Å². The summed E-state index contributed by atoms with van der Waals surface area (Å²) in [7, 11) is 1.59. The molecule has 0 radical (unpaired) electrons. The van der Waals surface area contributed by atoms with Crippen LogP contribution in [0, 0.1) is 5.92 Å². The van der Waals surface area contributed by atoms with Crippen LogP contribution in [0.25, 0.3) is 0 Å². The lowest BCUT2D eigenvalue weighted by Crippen LogP contribution is -2.53. The third-order valence-electron chi connectivity index (χ3n) is 3.62. The molecule has 0 aliphatic carbocycles. The molecule has 0 unspecified atom stereocenters. The van der Waals surface area contributed by atoms with Gasteiger partial charge in [-0.1, -0.05) is 17.7 Å². The van der Waals surface area contributed by atoms with Crippen molar-refractivity contribution in [2.45, 2.75) is 0 Å². The number of likely N-dealkylation sites (tertiary alicyclic amines) is 1. The average Bonchev–Trinajstić information content (AvgIpc) is 2.53. The number of aromatic nitrogens is 2. The van der Waals surface area contributed by atoms with Gasteiger partial charge in [-0.2, -0.15) is 4.98 Å². The molecule has 2 amide bonds. The number of carbonyl (C=O) groups excluding carboxylic acids is 1. The van der Waals surface area contributed by atoms with Gasteiger partial charge in [0, 0.05) is 30.8 Å². The zero-order valence-corrected chi connectivity index (χ0v) is 13.9. The number of carbonyl (C=O) groups is 1. The summed E-state index contributed by atoms with van der Waals surface area (Å²) in [4.78, 5) is 21.8. The van der Waals surface area contributed by atoms with E-state index in [4.69, 9.17) is 21.1 Å². The fraction of sp³-hybridized carbons (Fsp3) is 0.312. The number of anilines is 1. The van der Waals surface area contributed by atoms with Gasteiger partial charge in [0.2, 0.25) is 5.88 Å². The summed E-state index contributed by atoms with van der Waals surface area (Å²) in [5.41, 5.74) is 0.702. The van der Waals surface area contributed by atoms with Crippen molar-refractivity contribution in [3.63, 3.8) is 0 Å². The van der Waals surface area contributed by atoms with Crippen molar-refractivity contribution in [3.8, 4) is 11.6 Å². The number of nitrogens with zero attached hydrogens (tertiary/aromatic N) is 3. The van der Waals surface area contributed by atoms with Crippen LogP contribution in [-0.2, 0) is 0 Å². The Morgan fingerprint density at radius 2 is 2.25 bits per heavy atom. The van der Waals surface area contributed by atoms with Crippen molar-refractivity contribution >= 4 is 23.3 Å². The molecule has 0 bridgehead atoms. The lowest BCUT2D eigenvalue weighted by molar-refractivity contribution is 0.0906. The molecule has 1 N–H and O–H groups in total. The normalized spacial score (nSPS) is 14.0. The number of rotatable bonds is 5. The van der Waals surface area contributed by atoms with Gasteiger partial charge < -0.3 is 19.7 Å². The molecule has 3 rings (SSSR count). The van der Waals surface area contributed by atoms with E-state index in [1.54, 1.807) is 18.1 Å². The zero-order valence-electron chi connectivity index (χ0n) is 13.1. The van der Waals surface area contributed by atoms with Gasteiger partial charge in [0.05, 0.1) is 26.1 Å². The van der Waals surface area contributed by atoms with E-state index in [0.29, 0.717) is 42.2 Å². The Balaban J connectivity index is 1.43. The van der Waals surface area contributed by atoms with E-state index in [2.05, 4.69) is 15.3 Å². The molecule has 1 aromatic carbocycles.